The molecule has 0 saturated heterocycles. The Kier molecular flexibility index (Phi) is 4.11. The summed E-state index contributed by atoms with van der Waals surface area (Å²) >= 11 is 0. The lowest BCUT2D eigenvalue weighted by Gasteiger charge is -2.11. The Bertz CT molecular complexity index is 433. The molecule has 1 saturated carbocycles. The van der Waals surface area contributed by atoms with E-state index in [1.165, 1.54) is 12.8 Å². The second-order valence-corrected chi connectivity index (χ2v) is 4.52. The molecule has 0 amide bonds. The van der Waals surface area contributed by atoms with Crippen molar-refractivity contribution in [2.45, 2.75) is 32.4 Å². The minimum Gasteiger partial charge on any atom is -0.478 e. The van der Waals surface area contributed by atoms with Crippen molar-refractivity contribution >= 4 is 5.95 Å². The van der Waals surface area contributed by atoms with Crippen molar-refractivity contribution in [3.63, 3.8) is 0 Å². The van der Waals surface area contributed by atoms with Crippen molar-refractivity contribution in [3.05, 3.63) is 11.8 Å². The monoisotopic (exact) mass is 275 g/mol. The van der Waals surface area contributed by atoms with Gasteiger partial charge in [-0.25, -0.2) is 4.98 Å². The maximum atomic E-state index is 12.7. The molecule has 1 aliphatic carbocycles. The van der Waals surface area contributed by atoms with E-state index in [2.05, 4.69) is 15.3 Å². The lowest BCUT2D eigenvalue weighted by molar-refractivity contribution is -0.141. The summed E-state index contributed by atoms with van der Waals surface area (Å²) < 4.78 is 43.3. The van der Waals surface area contributed by atoms with Gasteiger partial charge < -0.3 is 10.1 Å². The van der Waals surface area contributed by atoms with Crippen molar-refractivity contribution in [2.75, 3.05) is 18.5 Å². The van der Waals surface area contributed by atoms with Gasteiger partial charge in [0.25, 0.3) is 0 Å². The van der Waals surface area contributed by atoms with Crippen molar-refractivity contribution < 1.29 is 17.9 Å². The molecule has 1 fully saturated rings. The SMILES string of the molecule is CCNc1nc(OCCC2CC2)cc(C(F)(F)F)n1. The first-order chi connectivity index (χ1) is 8.99. The Morgan fingerprint density at radius 2 is 2.11 bits per heavy atom. The molecule has 0 spiro atoms. The van der Waals surface area contributed by atoms with E-state index in [1.54, 1.807) is 6.92 Å². The molecular formula is C12H16F3N3O. The number of aromatic nitrogens is 2. The van der Waals surface area contributed by atoms with Gasteiger partial charge in [0.05, 0.1) is 6.61 Å². The third kappa shape index (κ3) is 4.25. The van der Waals surface area contributed by atoms with Gasteiger partial charge in [-0.05, 0) is 19.3 Å². The van der Waals surface area contributed by atoms with Crippen LogP contribution in [-0.4, -0.2) is 23.1 Å². The highest BCUT2D eigenvalue weighted by Gasteiger charge is 2.34. The van der Waals surface area contributed by atoms with Gasteiger partial charge in [-0.2, -0.15) is 18.2 Å². The van der Waals surface area contributed by atoms with Crippen molar-refractivity contribution in [1.29, 1.82) is 0 Å². The topological polar surface area (TPSA) is 47.0 Å². The van der Waals surface area contributed by atoms with Crippen LogP contribution in [0.5, 0.6) is 5.88 Å². The summed E-state index contributed by atoms with van der Waals surface area (Å²) in [6.45, 7) is 2.60. The molecule has 4 nitrogen and oxygen atoms in total. The van der Waals surface area contributed by atoms with Crippen LogP contribution in [-0.2, 0) is 6.18 Å². The summed E-state index contributed by atoms with van der Waals surface area (Å²) in [7, 11) is 0. The van der Waals surface area contributed by atoms with Gasteiger partial charge in [-0.1, -0.05) is 12.8 Å². The van der Waals surface area contributed by atoms with Crippen molar-refractivity contribution in [1.82, 2.24) is 9.97 Å². The molecule has 7 heteroatoms. The zero-order valence-electron chi connectivity index (χ0n) is 10.6. The highest BCUT2D eigenvalue weighted by Crippen LogP contribution is 2.33. The molecule has 2 rings (SSSR count). The molecule has 0 aromatic carbocycles. The van der Waals surface area contributed by atoms with Crippen LogP contribution in [0.4, 0.5) is 19.1 Å². The summed E-state index contributed by atoms with van der Waals surface area (Å²) in [4.78, 5) is 7.33. The van der Waals surface area contributed by atoms with E-state index in [0.717, 1.165) is 12.5 Å². The number of hydrogen-bond acceptors (Lipinski definition) is 4. The van der Waals surface area contributed by atoms with E-state index in [-0.39, 0.29) is 11.8 Å². The molecule has 1 aromatic heterocycles. The highest BCUT2D eigenvalue weighted by atomic mass is 19.4. The molecular weight excluding hydrogens is 259 g/mol. The van der Waals surface area contributed by atoms with Crippen LogP contribution in [0.15, 0.2) is 6.07 Å². The fraction of sp³-hybridized carbons (Fsp3) is 0.667. The van der Waals surface area contributed by atoms with E-state index < -0.39 is 11.9 Å². The molecule has 106 valence electrons. The highest BCUT2D eigenvalue weighted by molar-refractivity contribution is 5.31. The second-order valence-electron chi connectivity index (χ2n) is 4.52. The number of halogens is 3. The standard InChI is InChI=1S/C12H16F3N3O/c1-2-16-11-17-9(12(13,14)15)7-10(18-11)19-6-5-8-3-4-8/h7-8H,2-6H2,1H3,(H,16,17,18). The van der Waals surface area contributed by atoms with E-state index in [0.29, 0.717) is 19.1 Å². The molecule has 19 heavy (non-hydrogen) atoms. The summed E-state index contributed by atoms with van der Waals surface area (Å²) in [5.74, 6) is 0.579. The van der Waals surface area contributed by atoms with Gasteiger partial charge in [-0.3, -0.25) is 0 Å². The third-order valence-corrected chi connectivity index (χ3v) is 2.80. The predicted octanol–water partition coefficient (Wildman–Crippen LogP) is 3.11. The molecule has 0 radical (unpaired) electrons. The summed E-state index contributed by atoms with van der Waals surface area (Å²) in [6.07, 6.45) is -1.27. The Balaban J connectivity index is 2.08. The Hall–Kier alpha value is -1.53. The number of alkyl halides is 3. The lowest BCUT2D eigenvalue weighted by Crippen LogP contribution is -2.13. The van der Waals surface area contributed by atoms with E-state index >= 15 is 0 Å². The quantitative estimate of drug-likeness (QED) is 0.866. The molecule has 0 bridgehead atoms. The summed E-state index contributed by atoms with van der Waals surface area (Å²) in [6, 6.07) is 0.841. The molecule has 1 aliphatic rings. The van der Waals surface area contributed by atoms with Crippen molar-refractivity contribution in [2.24, 2.45) is 5.92 Å². The van der Waals surface area contributed by atoms with Gasteiger partial charge in [0.1, 0.15) is 0 Å². The Morgan fingerprint density at radius 1 is 1.37 bits per heavy atom. The van der Waals surface area contributed by atoms with Crippen LogP contribution in [0, 0.1) is 5.92 Å². The molecule has 1 N–H and O–H groups in total. The molecule has 0 aliphatic heterocycles. The first kappa shape index (κ1) is 13.9. The number of nitrogens with one attached hydrogen (secondary N) is 1. The van der Waals surface area contributed by atoms with Crippen LogP contribution in [0.3, 0.4) is 0 Å². The molecule has 0 unspecified atom stereocenters. The average Bonchev–Trinajstić information content (AvgIpc) is 3.12. The van der Waals surface area contributed by atoms with E-state index in [9.17, 15) is 13.2 Å². The van der Waals surface area contributed by atoms with Gasteiger partial charge in [0, 0.05) is 12.6 Å². The molecule has 1 heterocycles. The first-order valence-electron chi connectivity index (χ1n) is 6.32. The fourth-order valence-electron chi connectivity index (χ4n) is 1.62. The Labute approximate surface area is 109 Å². The van der Waals surface area contributed by atoms with Crippen LogP contribution in [0.1, 0.15) is 31.9 Å². The normalized spacial score (nSPS) is 15.4. The number of ether oxygens (including phenoxy) is 1. The summed E-state index contributed by atoms with van der Waals surface area (Å²) in [5, 5.41) is 2.67. The molecule has 1 aromatic rings. The van der Waals surface area contributed by atoms with Crippen LogP contribution in [0.25, 0.3) is 0 Å². The first-order valence-corrected chi connectivity index (χ1v) is 6.32. The van der Waals surface area contributed by atoms with Gasteiger partial charge >= 0.3 is 6.18 Å². The van der Waals surface area contributed by atoms with Crippen LogP contribution in [0.2, 0.25) is 0 Å². The van der Waals surface area contributed by atoms with E-state index in [4.69, 9.17) is 4.74 Å². The number of rotatable bonds is 6. The predicted molar refractivity (Wildman–Crippen MR) is 64.0 cm³/mol. The van der Waals surface area contributed by atoms with Gasteiger partial charge in [0.15, 0.2) is 5.69 Å². The fourth-order valence-corrected chi connectivity index (χ4v) is 1.62. The smallest absolute Gasteiger partial charge is 0.433 e. The average molecular weight is 275 g/mol. The maximum absolute atomic E-state index is 12.7. The zero-order valence-corrected chi connectivity index (χ0v) is 10.6. The van der Waals surface area contributed by atoms with Crippen LogP contribution < -0.4 is 10.1 Å². The largest absolute Gasteiger partial charge is 0.478 e. The summed E-state index contributed by atoms with van der Waals surface area (Å²) in [5.41, 5.74) is -0.986. The van der Waals surface area contributed by atoms with Crippen LogP contribution >= 0.6 is 0 Å². The number of hydrogen-bond donors (Lipinski definition) is 1. The second kappa shape index (κ2) is 5.63. The van der Waals surface area contributed by atoms with E-state index in [1.807, 2.05) is 0 Å². The third-order valence-electron chi connectivity index (χ3n) is 2.80. The molecule has 0 atom stereocenters. The zero-order chi connectivity index (χ0) is 13.9. The minimum atomic E-state index is -4.50. The minimum absolute atomic E-state index is 0.0288. The maximum Gasteiger partial charge on any atom is 0.433 e. The van der Waals surface area contributed by atoms with Gasteiger partial charge in [0.2, 0.25) is 11.8 Å². The lowest BCUT2D eigenvalue weighted by atomic mass is 10.3. The van der Waals surface area contributed by atoms with Crippen molar-refractivity contribution in [3.8, 4) is 5.88 Å². The Morgan fingerprint density at radius 3 is 2.68 bits per heavy atom. The number of anilines is 1. The number of nitrogens with zero attached hydrogens (tertiary/aromatic N) is 2. The van der Waals surface area contributed by atoms with Gasteiger partial charge in [-0.15, -0.1) is 0 Å².